The van der Waals surface area contributed by atoms with Crippen molar-refractivity contribution in [1.29, 1.82) is 0 Å². The Morgan fingerprint density at radius 1 is 1.20 bits per heavy atom. The fourth-order valence-corrected chi connectivity index (χ4v) is 0.621. The maximum atomic E-state index is 11.5. The predicted octanol–water partition coefficient (Wildman–Crippen LogP) is 0.398. The van der Waals surface area contributed by atoms with Gasteiger partial charge in [-0.1, -0.05) is 0 Å². The minimum atomic E-state index is -5.18. The minimum Gasteiger partial charge on any atom is -0.203 e. The fourth-order valence-electron chi connectivity index (χ4n) is 0.207. The lowest BCUT2D eigenvalue weighted by atomic mass is 11.3. The summed E-state index contributed by atoms with van der Waals surface area (Å²) in [4.78, 5) is 0. The number of sulfonamides is 1. The number of halogens is 3. The van der Waals surface area contributed by atoms with Crippen LogP contribution < -0.4 is 0 Å². The zero-order valence-electron chi connectivity index (χ0n) is 5.31. The molecule has 0 aromatic carbocycles. The molecule has 0 fully saturated rings. The molecule has 62 valence electrons. The number of rotatable bonds is 1. The van der Waals surface area contributed by atoms with Crippen molar-refractivity contribution in [2.45, 2.75) is 5.51 Å². The van der Waals surface area contributed by atoms with Crippen molar-refractivity contribution in [1.82, 2.24) is 4.31 Å². The molecule has 0 rings (SSSR count). The van der Waals surface area contributed by atoms with E-state index in [4.69, 9.17) is 0 Å². The zero-order valence-corrected chi connectivity index (χ0v) is 6.12. The van der Waals surface area contributed by atoms with Crippen molar-refractivity contribution in [2.75, 3.05) is 14.1 Å². The van der Waals surface area contributed by atoms with Gasteiger partial charge in [0, 0.05) is 14.1 Å². The maximum Gasteiger partial charge on any atom is 0.511 e. The lowest BCUT2D eigenvalue weighted by Gasteiger charge is -2.12. The summed E-state index contributed by atoms with van der Waals surface area (Å²) in [5.41, 5.74) is -5.18. The Hall–Kier alpha value is -0.300. The summed E-state index contributed by atoms with van der Waals surface area (Å²) in [7, 11) is -3.44. The van der Waals surface area contributed by atoms with Crippen LogP contribution in [-0.2, 0) is 10.0 Å². The van der Waals surface area contributed by atoms with E-state index in [9.17, 15) is 21.6 Å². The second-order valence-electron chi connectivity index (χ2n) is 1.73. The van der Waals surface area contributed by atoms with Crippen LogP contribution in [-0.4, -0.2) is 32.3 Å². The lowest BCUT2D eigenvalue weighted by Crippen LogP contribution is -2.35. The van der Waals surface area contributed by atoms with Crippen LogP contribution in [0.3, 0.4) is 0 Å². The van der Waals surface area contributed by atoms with E-state index >= 15 is 0 Å². The molecule has 0 aromatic rings. The van der Waals surface area contributed by atoms with E-state index in [2.05, 4.69) is 0 Å². The Kier molecular flexibility index (Phi) is 2.32. The molecule has 0 bridgehead atoms. The van der Waals surface area contributed by atoms with Crippen molar-refractivity contribution in [2.24, 2.45) is 0 Å². The standard InChI is InChI=1S/C3H6F3NO2S/c1-7(2)10(8,9)3(4,5)6/h1-2H3. The van der Waals surface area contributed by atoms with Crippen LogP contribution >= 0.6 is 0 Å². The Bertz CT molecular complexity index is 204. The summed E-state index contributed by atoms with van der Waals surface area (Å²) in [6.45, 7) is 0. The first-order chi connectivity index (χ1) is 4.19. The third kappa shape index (κ3) is 1.60. The SMILES string of the molecule is CN(C)S(=O)(=O)C(F)(F)F. The van der Waals surface area contributed by atoms with Gasteiger partial charge in [0.15, 0.2) is 0 Å². The van der Waals surface area contributed by atoms with Crippen molar-refractivity contribution in [3.63, 3.8) is 0 Å². The largest absolute Gasteiger partial charge is 0.511 e. The monoisotopic (exact) mass is 177 g/mol. The molecule has 0 heterocycles. The highest BCUT2D eigenvalue weighted by atomic mass is 32.2. The van der Waals surface area contributed by atoms with Gasteiger partial charge < -0.3 is 0 Å². The third-order valence-corrected chi connectivity index (χ3v) is 2.32. The molecule has 0 N–H and O–H groups in total. The third-order valence-electron chi connectivity index (χ3n) is 0.773. The molecule has 0 atom stereocenters. The normalized spacial score (nSPS) is 14.2. The summed E-state index contributed by atoms with van der Waals surface area (Å²) in [6.07, 6.45) is 0. The molecule has 0 saturated heterocycles. The Balaban J connectivity index is 4.79. The summed E-state index contributed by atoms with van der Waals surface area (Å²) >= 11 is 0. The molecule has 0 aliphatic heterocycles. The zero-order chi connectivity index (χ0) is 8.58. The summed E-state index contributed by atoms with van der Waals surface area (Å²) in [5.74, 6) is 0. The van der Waals surface area contributed by atoms with E-state index < -0.39 is 15.5 Å². The molecular formula is C3H6F3NO2S. The van der Waals surface area contributed by atoms with Gasteiger partial charge in [0.05, 0.1) is 0 Å². The van der Waals surface area contributed by atoms with E-state index in [1.807, 2.05) is 0 Å². The van der Waals surface area contributed by atoms with Crippen LogP contribution in [0, 0.1) is 0 Å². The topological polar surface area (TPSA) is 37.4 Å². The fraction of sp³-hybridized carbons (Fsp3) is 1.00. The predicted molar refractivity (Wildman–Crippen MR) is 28.7 cm³/mol. The quantitative estimate of drug-likeness (QED) is 0.581. The molecule has 10 heavy (non-hydrogen) atoms. The van der Waals surface area contributed by atoms with E-state index in [0.717, 1.165) is 14.1 Å². The first kappa shape index (κ1) is 9.70. The van der Waals surface area contributed by atoms with E-state index in [0.29, 0.717) is 0 Å². The van der Waals surface area contributed by atoms with Crippen molar-refractivity contribution in [3.8, 4) is 0 Å². The van der Waals surface area contributed by atoms with Crippen LogP contribution in [0.1, 0.15) is 0 Å². The first-order valence-electron chi connectivity index (χ1n) is 2.18. The molecule has 3 nitrogen and oxygen atoms in total. The van der Waals surface area contributed by atoms with Crippen molar-refractivity contribution >= 4 is 10.0 Å². The molecule has 0 radical (unpaired) electrons. The van der Waals surface area contributed by atoms with Gasteiger partial charge in [-0.25, -0.2) is 12.7 Å². The molecule has 0 amide bonds. The van der Waals surface area contributed by atoms with Crippen LogP contribution in [0.15, 0.2) is 0 Å². The molecule has 0 unspecified atom stereocenters. The number of hydrogen-bond acceptors (Lipinski definition) is 2. The van der Waals surface area contributed by atoms with Crippen LogP contribution in [0.4, 0.5) is 13.2 Å². The van der Waals surface area contributed by atoms with Gasteiger partial charge in [0.1, 0.15) is 0 Å². The van der Waals surface area contributed by atoms with E-state index in [1.165, 1.54) is 0 Å². The van der Waals surface area contributed by atoms with Gasteiger partial charge in [0.2, 0.25) is 0 Å². The molecule has 0 spiro atoms. The highest BCUT2D eigenvalue weighted by Gasteiger charge is 2.47. The molecular weight excluding hydrogens is 171 g/mol. The van der Waals surface area contributed by atoms with Crippen LogP contribution in [0.2, 0.25) is 0 Å². The van der Waals surface area contributed by atoms with Gasteiger partial charge in [-0.3, -0.25) is 0 Å². The maximum absolute atomic E-state index is 11.5. The van der Waals surface area contributed by atoms with Crippen molar-refractivity contribution in [3.05, 3.63) is 0 Å². The van der Waals surface area contributed by atoms with Gasteiger partial charge >= 0.3 is 15.5 Å². The molecule has 0 aliphatic rings. The van der Waals surface area contributed by atoms with E-state index in [-0.39, 0.29) is 4.31 Å². The molecule has 0 saturated carbocycles. The average Bonchev–Trinajstić information content (AvgIpc) is 1.62. The van der Waals surface area contributed by atoms with Crippen LogP contribution in [0.5, 0.6) is 0 Å². The highest BCUT2D eigenvalue weighted by Crippen LogP contribution is 2.24. The lowest BCUT2D eigenvalue weighted by molar-refractivity contribution is -0.0476. The summed E-state index contributed by atoms with van der Waals surface area (Å²) in [5, 5.41) is 0. The number of nitrogens with zero attached hydrogens (tertiary/aromatic N) is 1. The minimum absolute atomic E-state index is 0.118. The van der Waals surface area contributed by atoms with Gasteiger partial charge in [0.25, 0.3) is 0 Å². The second kappa shape index (κ2) is 2.39. The smallest absolute Gasteiger partial charge is 0.203 e. The molecule has 0 aromatic heterocycles. The molecule has 7 heteroatoms. The van der Waals surface area contributed by atoms with Gasteiger partial charge in [-0.15, -0.1) is 0 Å². The van der Waals surface area contributed by atoms with Crippen LogP contribution in [0.25, 0.3) is 0 Å². The Morgan fingerprint density at radius 3 is 1.50 bits per heavy atom. The summed E-state index contributed by atoms with van der Waals surface area (Å²) < 4.78 is 54.8. The number of hydrogen-bond donors (Lipinski definition) is 0. The summed E-state index contributed by atoms with van der Waals surface area (Å²) in [6, 6.07) is 0. The van der Waals surface area contributed by atoms with Gasteiger partial charge in [-0.2, -0.15) is 13.2 Å². The van der Waals surface area contributed by atoms with Gasteiger partial charge in [-0.05, 0) is 0 Å². The Morgan fingerprint density at radius 2 is 1.50 bits per heavy atom. The Labute approximate surface area is 56.5 Å². The molecule has 0 aliphatic carbocycles. The second-order valence-corrected chi connectivity index (χ2v) is 3.88. The number of alkyl halides is 3. The first-order valence-corrected chi connectivity index (χ1v) is 3.62. The van der Waals surface area contributed by atoms with Crippen molar-refractivity contribution < 1.29 is 21.6 Å². The average molecular weight is 177 g/mol. The van der Waals surface area contributed by atoms with E-state index in [1.54, 1.807) is 0 Å². The highest BCUT2D eigenvalue weighted by molar-refractivity contribution is 7.89.